The van der Waals surface area contributed by atoms with Crippen LogP contribution < -0.4 is 0 Å². The summed E-state index contributed by atoms with van der Waals surface area (Å²) in [5.41, 5.74) is 5.37. The average Bonchev–Trinajstić information content (AvgIpc) is 3.20. The highest BCUT2D eigenvalue weighted by Crippen LogP contribution is 2.33. The van der Waals surface area contributed by atoms with E-state index in [0.29, 0.717) is 0 Å². The molecule has 6 rings (SSSR count). The molecule has 0 radical (unpaired) electrons. The van der Waals surface area contributed by atoms with Gasteiger partial charge in [0.25, 0.3) is 0 Å². The Bertz CT molecular complexity index is 1410. The van der Waals surface area contributed by atoms with Crippen molar-refractivity contribution in [3.05, 3.63) is 73.1 Å². The average molecular weight is 347 g/mol. The molecule has 27 heavy (non-hydrogen) atoms. The van der Waals surface area contributed by atoms with Gasteiger partial charge in [0.1, 0.15) is 5.69 Å². The fraction of sp³-hybridized carbons (Fsp3) is 0. The van der Waals surface area contributed by atoms with E-state index in [9.17, 15) is 0 Å². The van der Waals surface area contributed by atoms with Crippen molar-refractivity contribution in [1.82, 2.24) is 24.9 Å². The number of hydrogen-bond donors (Lipinski definition) is 1. The van der Waals surface area contributed by atoms with Crippen LogP contribution in [0.5, 0.6) is 0 Å². The van der Waals surface area contributed by atoms with Crippen LogP contribution in [0.2, 0.25) is 0 Å². The molecule has 6 aromatic rings. The number of rotatable bonds is 1. The Morgan fingerprint density at radius 3 is 2.30 bits per heavy atom. The molecule has 0 amide bonds. The number of fused-ring (bicyclic) bond motifs is 7. The molecule has 4 aromatic heterocycles. The lowest BCUT2D eigenvalue weighted by Crippen LogP contribution is -1.86. The topological polar surface area (TPSA) is 67.3 Å². The summed E-state index contributed by atoms with van der Waals surface area (Å²) >= 11 is 0. The Morgan fingerprint density at radius 1 is 0.630 bits per heavy atom. The van der Waals surface area contributed by atoms with Crippen molar-refractivity contribution in [1.29, 1.82) is 0 Å². The maximum Gasteiger partial charge on any atom is 0.157 e. The van der Waals surface area contributed by atoms with Gasteiger partial charge in [-0.2, -0.15) is 0 Å². The maximum absolute atomic E-state index is 4.88. The number of benzene rings is 2. The minimum absolute atomic E-state index is 0.747. The van der Waals surface area contributed by atoms with Crippen molar-refractivity contribution in [3.63, 3.8) is 0 Å². The zero-order chi connectivity index (χ0) is 17.8. The molecule has 1 N–H and O–H groups in total. The molecule has 4 heterocycles. The number of aromatic amines is 1. The van der Waals surface area contributed by atoms with Crippen molar-refractivity contribution in [2.75, 3.05) is 0 Å². The SMILES string of the molecule is c1ccc2nc(-c3nc4c5cccnc5c5ncccc5c4[nH]3)ccc2c1. The summed E-state index contributed by atoms with van der Waals surface area (Å²) in [6.45, 7) is 0. The Balaban J connectivity index is 1.72. The summed E-state index contributed by atoms with van der Waals surface area (Å²) in [6, 6.07) is 20.1. The standard InChI is InChI=1S/C22H13N5/c1-2-8-16-13(5-1)9-10-17(25-16)22-26-20-14-6-3-11-23-18(14)19-15(21(20)27-22)7-4-12-24-19/h1-12H,(H,26,27). The summed E-state index contributed by atoms with van der Waals surface area (Å²) in [4.78, 5) is 22.2. The van der Waals surface area contributed by atoms with E-state index in [2.05, 4.69) is 33.2 Å². The summed E-state index contributed by atoms with van der Waals surface area (Å²) in [7, 11) is 0. The lowest BCUT2D eigenvalue weighted by Gasteiger charge is -2.03. The van der Waals surface area contributed by atoms with Crippen LogP contribution in [-0.4, -0.2) is 24.9 Å². The van der Waals surface area contributed by atoms with Gasteiger partial charge in [-0.25, -0.2) is 9.97 Å². The van der Waals surface area contributed by atoms with Crippen LogP contribution in [0.15, 0.2) is 73.1 Å². The van der Waals surface area contributed by atoms with Crippen LogP contribution in [0.1, 0.15) is 0 Å². The second kappa shape index (κ2) is 5.32. The molecule has 0 saturated heterocycles. The summed E-state index contributed by atoms with van der Waals surface area (Å²) in [5.74, 6) is 0.747. The van der Waals surface area contributed by atoms with Crippen LogP contribution in [0.4, 0.5) is 0 Å². The van der Waals surface area contributed by atoms with E-state index >= 15 is 0 Å². The van der Waals surface area contributed by atoms with Gasteiger partial charge in [-0.05, 0) is 36.4 Å². The van der Waals surface area contributed by atoms with E-state index in [1.807, 2.05) is 42.5 Å². The smallest absolute Gasteiger partial charge is 0.157 e. The van der Waals surface area contributed by atoms with Gasteiger partial charge in [0.2, 0.25) is 0 Å². The highest BCUT2D eigenvalue weighted by Gasteiger charge is 2.15. The van der Waals surface area contributed by atoms with E-state index in [4.69, 9.17) is 9.97 Å². The number of imidazole rings is 1. The normalized spacial score (nSPS) is 11.7. The van der Waals surface area contributed by atoms with Gasteiger partial charge < -0.3 is 4.98 Å². The number of H-pyrrole nitrogens is 1. The molecule has 0 fully saturated rings. The Kier molecular flexibility index (Phi) is 2.82. The molecule has 2 aromatic carbocycles. The van der Waals surface area contributed by atoms with Crippen LogP contribution in [-0.2, 0) is 0 Å². The number of hydrogen-bond acceptors (Lipinski definition) is 4. The number of para-hydroxylation sites is 1. The Morgan fingerprint density at radius 2 is 1.41 bits per heavy atom. The zero-order valence-electron chi connectivity index (χ0n) is 14.2. The third-order valence-electron chi connectivity index (χ3n) is 4.91. The zero-order valence-corrected chi connectivity index (χ0v) is 14.2. The largest absolute Gasteiger partial charge is 0.336 e. The molecule has 0 aliphatic rings. The fourth-order valence-electron chi connectivity index (χ4n) is 3.66. The van der Waals surface area contributed by atoms with Crippen molar-refractivity contribution >= 4 is 43.7 Å². The minimum Gasteiger partial charge on any atom is -0.336 e. The predicted octanol–water partition coefficient (Wildman–Crippen LogP) is 4.87. The van der Waals surface area contributed by atoms with Crippen molar-refractivity contribution in [3.8, 4) is 11.5 Å². The highest BCUT2D eigenvalue weighted by molar-refractivity contribution is 6.20. The lowest BCUT2D eigenvalue weighted by molar-refractivity contribution is 1.27. The first-order chi connectivity index (χ1) is 13.4. The molecular formula is C22H13N5. The maximum atomic E-state index is 4.88. The van der Waals surface area contributed by atoms with Crippen molar-refractivity contribution < 1.29 is 0 Å². The molecule has 126 valence electrons. The minimum atomic E-state index is 0.747. The van der Waals surface area contributed by atoms with Gasteiger partial charge in [-0.15, -0.1) is 0 Å². The van der Waals surface area contributed by atoms with Crippen molar-refractivity contribution in [2.45, 2.75) is 0 Å². The second-order valence-corrected chi connectivity index (χ2v) is 6.50. The van der Waals surface area contributed by atoms with Crippen LogP contribution in [0.25, 0.3) is 55.3 Å². The van der Waals surface area contributed by atoms with Crippen molar-refractivity contribution in [2.24, 2.45) is 0 Å². The quantitative estimate of drug-likeness (QED) is 0.431. The van der Waals surface area contributed by atoms with Crippen LogP contribution in [0.3, 0.4) is 0 Å². The van der Waals surface area contributed by atoms with Gasteiger partial charge >= 0.3 is 0 Å². The van der Waals surface area contributed by atoms with E-state index < -0.39 is 0 Å². The lowest BCUT2D eigenvalue weighted by atomic mass is 10.1. The predicted molar refractivity (Wildman–Crippen MR) is 107 cm³/mol. The van der Waals surface area contributed by atoms with Gasteiger partial charge in [-0.1, -0.05) is 24.3 Å². The third kappa shape index (κ3) is 2.05. The number of nitrogens with zero attached hydrogens (tertiary/aromatic N) is 4. The van der Waals surface area contributed by atoms with Gasteiger partial charge in [-0.3, -0.25) is 9.97 Å². The van der Waals surface area contributed by atoms with Crippen LogP contribution >= 0.6 is 0 Å². The first-order valence-electron chi connectivity index (χ1n) is 8.76. The molecule has 0 saturated carbocycles. The molecule has 5 heteroatoms. The van der Waals surface area contributed by atoms with E-state index in [0.717, 1.165) is 55.3 Å². The van der Waals surface area contributed by atoms with Gasteiger partial charge in [0, 0.05) is 28.6 Å². The summed E-state index contributed by atoms with van der Waals surface area (Å²) in [5, 5.41) is 3.11. The fourth-order valence-corrected chi connectivity index (χ4v) is 3.66. The monoisotopic (exact) mass is 347 g/mol. The van der Waals surface area contributed by atoms with E-state index in [1.165, 1.54) is 0 Å². The summed E-state index contributed by atoms with van der Waals surface area (Å²) in [6.07, 6.45) is 3.59. The first-order valence-corrected chi connectivity index (χ1v) is 8.76. The van der Waals surface area contributed by atoms with E-state index in [1.54, 1.807) is 12.4 Å². The number of nitrogens with one attached hydrogen (secondary N) is 1. The molecule has 0 atom stereocenters. The molecule has 5 nitrogen and oxygen atoms in total. The molecule has 0 unspecified atom stereocenters. The molecule has 0 aliphatic carbocycles. The number of pyridine rings is 3. The molecule has 0 spiro atoms. The third-order valence-corrected chi connectivity index (χ3v) is 4.91. The molecule has 0 bridgehead atoms. The first kappa shape index (κ1) is 14.3. The van der Waals surface area contributed by atoms with E-state index in [-0.39, 0.29) is 0 Å². The second-order valence-electron chi connectivity index (χ2n) is 6.50. The Hall–Kier alpha value is -3.86. The Labute approximate surface area is 153 Å². The summed E-state index contributed by atoms with van der Waals surface area (Å²) < 4.78 is 0. The molecular weight excluding hydrogens is 334 g/mol. The molecule has 0 aliphatic heterocycles. The van der Waals surface area contributed by atoms with Gasteiger partial charge in [0.15, 0.2) is 5.82 Å². The highest BCUT2D eigenvalue weighted by atomic mass is 15.0. The van der Waals surface area contributed by atoms with Crippen LogP contribution in [0, 0.1) is 0 Å². The van der Waals surface area contributed by atoms with Gasteiger partial charge in [0.05, 0.1) is 27.6 Å². The number of aromatic nitrogens is 5.